The van der Waals surface area contributed by atoms with Crippen LogP contribution in [-0.4, -0.2) is 28.4 Å². The number of aryl methyl sites for hydroxylation is 1. The van der Waals surface area contributed by atoms with Gasteiger partial charge < -0.3 is 5.32 Å². The van der Waals surface area contributed by atoms with Crippen molar-refractivity contribution in [1.82, 2.24) is 13.9 Å². The second-order valence-electron chi connectivity index (χ2n) is 5.96. The predicted octanol–water partition coefficient (Wildman–Crippen LogP) is 3.79. The topological polar surface area (TPSA) is 76.9 Å². The van der Waals surface area contributed by atoms with E-state index in [1.165, 1.54) is 10.2 Å². The van der Waals surface area contributed by atoms with Crippen LogP contribution in [0, 0.1) is 10.8 Å². The van der Waals surface area contributed by atoms with E-state index in [9.17, 15) is 8.42 Å². The first-order valence-corrected chi connectivity index (χ1v) is 10.5. The molecular formula is C17H19IN4O2S. The van der Waals surface area contributed by atoms with E-state index in [4.69, 9.17) is 0 Å². The van der Waals surface area contributed by atoms with Crippen molar-refractivity contribution in [2.45, 2.75) is 38.1 Å². The molecule has 25 heavy (non-hydrogen) atoms. The lowest BCUT2D eigenvalue weighted by Crippen LogP contribution is -2.16. The van der Waals surface area contributed by atoms with Crippen molar-refractivity contribution < 1.29 is 8.42 Å². The average Bonchev–Trinajstić information content (AvgIpc) is 2.99. The van der Waals surface area contributed by atoms with Crippen LogP contribution < -0.4 is 5.32 Å². The number of fused-ring (bicyclic) bond motifs is 1. The Labute approximate surface area is 160 Å². The fourth-order valence-electron chi connectivity index (χ4n) is 2.43. The highest BCUT2D eigenvalue weighted by atomic mass is 127. The summed E-state index contributed by atoms with van der Waals surface area (Å²) in [6, 6.07) is 8.76. The van der Waals surface area contributed by atoms with Crippen LogP contribution in [0.4, 0.5) is 5.82 Å². The van der Waals surface area contributed by atoms with Gasteiger partial charge in [-0.3, -0.25) is 0 Å². The molecule has 2 aromatic heterocycles. The maximum atomic E-state index is 13.0. The maximum absolute atomic E-state index is 13.0. The Morgan fingerprint density at radius 3 is 2.52 bits per heavy atom. The Hall–Kier alpha value is -1.68. The molecule has 0 aliphatic heterocycles. The highest BCUT2D eigenvalue weighted by Gasteiger charge is 2.22. The molecule has 0 aliphatic carbocycles. The van der Waals surface area contributed by atoms with E-state index in [1.807, 2.05) is 29.5 Å². The van der Waals surface area contributed by atoms with Crippen LogP contribution in [0.25, 0.3) is 11.0 Å². The van der Waals surface area contributed by atoms with E-state index in [1.54, 1.807) is 30.3 Å². The molecule has 0 amide bonds. The summed E-state index contributed by atoms with van der Waals surface area (Å²) in [5, 5.41) is 4.01. The minimum absolute atomic E-state index is 0.228. The van der Waals surface area contributed by atoms with E-state index < -0.39 is 10.0 Å². The molecule has 0 saturated heterocycles. The summed E-state index contributed by atoms with van der Waals surface area (Å²) in [5.74, 6) is 0.654. The van der Waals surface area contributed by atoms with Crippen LogP contribution in [0.1, 0.15) is 25.8 Å². The summed E-state index contributed by atoms with van der Waals surface area (Å²) in [6.45, 7) is 6.05. The Kier molecular flexibility index (Phi) is 5.01. The van der Waals surface area contributed by atoms with Crippen molar-refractivity contribution in [1.29, 1.82) is 0 Å². The van der Waals surface area contributed by atoms with E-state index in [0.717, 1.165) is 12.0 Å². The number of halogens is 1. The lowest BCUT2D eigenvalue weighted by atomic mass is 10.2. The third-order valence-electron chi connectivity index (χ3n) is 4.06. The van der Waals surface area contributed by atoms with Crippen LogP contribution in [0.3, 0.4) is 0 Å². The SMILES string of the molecule is CC[C@@H](C)Nc1nc(I)nc2c1ccn2S(=O)(=O)c1ccc(C)cc1. The molecule has 2 heterocycles. The van der Waals surface area contributed by atoms with E-state index in [0.29, 0.717) is 20.7 Å². The molecular weight excluding hydrogens is 451 g/mol. The van der Waals surface area contributed by atoms with Crippen molar-refractivity contribution in [2.24, 2.45) is 0 Å². The Bertz CT molecular complexity index is 1010. The largest absolute Gasteiger partial charge is 0.367 e. The first-order chi connectivity index (χ1) is 11.8. The lowest BCUT2D eigenvalue weighted by molar-refractivity contribution is 0.588. The van der Waals surface area contributed by atoms with Gasteiger partial charge in [0.05, 0.1) is 10.3 Å². The Morgan fingerprint density at radius 2 is 1.88 bits per heavy atom. The zero-order chi connectivity index (χ0) is 18.2. The number of aromatic nitrogens is 3. The molecule has 0 fully saturated rings. The molecule has 3 aromatic rings. The molecule has 0 radical (unpaired) electrons. The number of hydrogen-bond donors (Lipinski definition) is 1. The summed E-state index contributed by atoms with van der Waals surface area (Å²) in [7, 11) is -3.71. The first kappa shape index (κ1) is 18.1. The van der Waals surface area contributed by atoms with Gasteiger partial charge in [0.15, 0.2) is 9.48 Å². The van der Waals surface area contributed by atoms with Crippen LogP contribution in [0.15, 0.2) is 41.4 Å². The third-order valence-corrected chi connectivity index (χ3v) is 6.22. The molecule has 0 aliphatic rings. The van der Waals surface area contributed by atoms with Gasteiger partial charge in [0.2, 0.25) is 0 Å². The molecule has 132 valence electrons. The van der Waals surface area contributed by atoms with Gasteiger partial charge >= 0.3 is 0 Å². The summed E-state index contributed by atoms with van der Waals surface area (Å²) in [6.07, 6.45) is 2.47. The fraction of sp³-hybridized carbons (Fsp3) is 0.294. The first-order valence-electron chi connectivity index (χ1n) is 7.96. The molecule has 0 spiro atoms. The minimum atomic E-state index is -3.71. The molecule has 8 heteroatoms. The standard InChI is InChI=1S/C17H19IN4O2S/c1-4-12(3)19-15-14-9-10-22(16(14)21-17(18)20-15)25(23,24)13-7-5-11(2)6-8-13/h5-10,12H,4H2,1-3H3,(H,19,20,21)/t12-/m1/s1. The van der Waals surface area contributed by atoms with Crippen molar-refractivity contribution >= 4 is 49.5 Å². The minimum Gasteiger partial charge on any atom is -0.367 e. The zero-order valence-electron chi connectivity index (χ0n) is 14.2. The summed E-state index contributed by atoms with van der Waals surface area (Å²) < 4.78 is 27.7. The molecule has 0 saturated carbocycles. The zero-order valence-corrected chi connectivity index (χ0v) is 17.2. The molecule has 1 aromatic carbocycles. The van der Waals surface area contributed by atoms with E-state index in [2.05, 4.69) is 29.1 Å². The van der Waals surface area contributed by atoms with Crippen molar-refractivity contribution in [3.63, 3.8) is 0 Å². The van der Waals surface area contributed by atoms with E-state index >= 15 is 0 Å². The molecule has 3 rings (SSSR count). The molecule has 0 bridgehead atoms. The van der Waals surface area contributed by atoms with Gasteiger partial charge in [-0.05, 0) is 38.5 Å². The average molecular weight is 470 g/mol. The number of nitrogens with one attached hydrogen (secondary N) is 1. The van der Waals surface area contributed by atoms with Gasteiger partial charge in [-0.15, -0.1) is 0 Å². The highest BCUT2D eigenvalue weighted by molar-refractivity contribution is 14.1. The molecule has 0 unspecified atom stereocenters. The molecule has 1 atom stereocenters. The van der Waals surface area contributed by atoms with Crippen LogP contribution in [0.2, 0.25) is 0 Å². The lowest BCUT2D eigenvalue weighted by Gasteiger charge is -2.13. The summed E-state index contributed by atoms with van der Waals surface area (Å²) in [5.41, 5.74) is 1.39. The molecule has 1 N–H and O–H groups in total. The smallest absolute Gasteiger partial charge is 0.269 e. The van der Waals surface area contributed by atoms with Crippen LogP contribution in [0.5, 0.6) is 0 Å². The monoisotopic (exact) mass is 470 g/mol. The Morgan fingerprint density at radius 1 is 1.20 bits per heavy atom. The van der Waals surface area contributed by atoms with Gasteiger partial charge in [-0.1, -0.05) is 24.6 Å². The van der Waals surface area contributed by atoms with Crippen LogP contribution >= 0.6 is 22.6 Å². The highest BCUT2D eigenvalue weighted by Crippen LogP contribution is 2.26. The van der Waals surface area contributed by atoms with Crippen molar-refractivity contribution in [2.75, 3.05) is 5.32 Å². The van der Waals surface area contributed by atoms with Gasteiger partial charge in [-0.25, -0.2) is 22.4 Å². The molecule has 6 nitrogen and oxygen atoms in total. The van der Waals surface area contributed by atoms with Gasteiger partial charge in [0, 0.05) is 34.8 Å². The number of hydrogen-bond acceptors (Lipinski definition) is 5. The maximum Gasteiger partial charge on any atom is 0.269 e. The third kappa shape index (κ3) is 3.50. The van der Waals surface area contributed by atoms with Crippen molar-refractivity contribution in [3.8, 4) is 0 Å². The Balaban J connectivity index is 2.16. The quantitative estimate of drug-likeness (QED) is 0.454. The number of rotatable bonds is 5. The summed E-state index contributed by atoms with van der Waals surface area (Å²) in [4.78, 5) is 9.02. The second-order valence-corrected chi connectivity index (χ2v) is 8.74. The van der Waals surface area contributed by atoms with Crippen molar-refractivity contribution in [3.05, 3.63) is 45.9 Å². The van der Waals surface area contributed by atoms with E-state index in [-0.39, 0.29) is 10.9 Å². The van der Waals surface area contributed by atoms with Gasteiger partial charge in [0.1, 0.15) is 5.82 Å². The normalized spacial score (nSPS) is 13.1. The van der Waals surface area contributed by atoms with Gasteiger partial charge in [-0.2, -0.15) is 0 Å². The fourth-order valence-corrected chi connectivity index (χ4v) is 4.19. The number of benzene rings is 1. The number of anilines is 1. The number of nitrogens with zero attached hydrogens (tertiary/aromatic N) is 3. The summed E-state index contributed by atoms with van der Waals surface area (Å²) >= 11 is 2.00. The predicted molar refractivity (Wildman–Crippen MR) is 107 cm³/mol. The van der Waals surface area contributed by atoms with Gasteiger partial charge in [0.25, 0.3) is 10.0 Å². The van der Waals surface area contributed by atoms with Crippen LogP contribution in [-0.2, 0) is 10.0 Å². The second kappa shape index (κ2) is 6.91.